The zero-order valence-electron chi connectivity index (χ0n) is 22.3. The molecule has 3 aromatic rings. The Kier molecular flexibility index (Phi) is 9.49. The van der Waals surface area contributed by atoms with Crippen LogP contribution >= 0.6 is 11.6 Å². The molecule has 0 radical (unpaired) electrons. The molecule has 3 N–H and O–H groups in total. The molecule has 1 heterocycles. The highest BCUT2D eigenvalue weighted by Gasteiger charge is 2.30. The molecule has 9 heteroatoms. The van der Waals surface area contributed by atoms with Gasteiger partial charge in [0.25, 0.3) is 0 Å². The van der Waals surface area contributed by atoms with E-state index in [1.165, 1.54) is 19.2 Å². The molecular weight excluding hydrogens is 511 g/mol. The van der Waals surface area contributed by atoms with E-state index in [1.54, 1.807) is 31.2 Å². The molecule has 7 nitrogen and oxygen atoms in total. The number of nitrogens with zero attached hydrogens (tertiary/aromatic N) is 1. The molecule has 204 valence electrons. The summed E-state index contributed by atoms with van der Waals surface area (Å²) in [5, 5.41) is 23.7. The average molecular weight is 545 g/mol. The second-order valence-electron chi connectivity index (χ2n) is 9.76. The zero-order chi connectivity index (χ0) is 28.1. The number of aromatic nitrogens is 1. The lowest BCUT2D eigenvalue weighted by Crippen LogP contribution is -2.34. The summed E-state index contributed by atoms with van der Waals surface area (Å²) >= 11 is 6.02. The molecule has 1 atom stereocenters. The lowest BCUT2D eigenvalue weighted by Gasteiger charge is -2.29. The number of rotatable bonds is 12. The summed E-state index contributed by atoms with van der Waals surface area (Å²) in [5.41, 5.74) is 0.878. The fourth-order valence-electron chi connectivity index (χ4n) is 3.86. The Morgan fingerprint density at radius 2 is 1.84 bits per heavy atom. The molecule has 1 aromatic heterocycles. The van der Waals surface area contributed by atoms with Gasteiger partial charge in [0.2, 0.25) is 0 Å². The maximum atomic E-state index is 13.8. The van der Waals surface area contributed by atoms with Crippen LogP contribution in [0.25, 0.3) is 11.3 Å². The number of ketones is 1. The molecule has 0 bridgehead atoms. The molecular formula is C29H34ClFN2O5. The molecule has 0 amide bonds. The van der Waals surface area contributed by atoms with Gasteiger partial charge in [-0.15, -0.1) is 0 Å². The van der Waals surface area contributed by atoms with Crippen LogP contribution in [-0.4, -0.2) is 48.4 Å². The van der Waals surface area contributed by atoms with Crippen molar-refractivity contribution in [2.24, 2.45) is 0 Å². The minimum absolute atomic E-state index is 0.0234. The quantitative estimate of drug-likeness (QED) is 0.268. The predicted molar refractivity (Wildman–Crippen MR) is 145 cm³/mol. The molecule has 0 aliphatic heterocycles. The minimum Gasteiger partial charge on any atom is -0.493 e. The standard InChI is InChI=1S/C29H34ClFN2O5/c1-28(2,32-4)20-16-23(18-6-8-22(31)21(30)14-18)33-27(17-20)29(3,36)11-10-24(35)19-7-9-25(38-13-12-34)26(15-19)37-5/h6-9,14-17,32,34,36H,10-13H2,1-5H3. The van der Waals surface area contributed by atoms with Crippen LogP contribution in [0, 0.1) is 5.82 Å². The lowest BCUT2D eigenvalue weighted by molar-refractivity contribution is 0.0396. The van der Waals surface area contributed by atoms with Gasteiger partial charge < -0.3 is 25.0 Å². The van der Waals surface area contributed by atoms with Crippen LogP contribution in [0.3, 0.4) is 0 Å². The number of nitrogens with one attached hydrogen (secondary N) is 1. The van der Waals surface area contributed by atoms with Gasteiger partial charge in [-0.2, -0.15) is 0 Å². The summed E-state index contributed by atoms with van der Waals surface area (Å²) in [7, 11) is 3.30. The van der Waals surface area contributed by atoms with Crippen LogP contribution < -0.4 is 14.8 Å². The van der Waals surface area contributed by atoms with E-state index in [2.05, 4.69) is 10.3 Å². The van der Waals surface area contributed by atoms with E-state index in [0.717, 1.165) is 5.56 Å². The van der Waals surface area contributed by atoms with Gasteiger partial charge in [0.05, 0.1) is 30.1 Å². The SMILES string of the molecule is CNC(C)(C)c1cc(-c2ccc(F)c(Cl)c2)nc(C(C)(O)CCC(=O)c2ccc(OCCO)c(OC)c2)c1. The molecule has 0 saturated heterocycles. The third-order valence-electron chi connectivity index (χ3n) is 6.61. The Labute approximate surface area is 227 Å². The summed E-state index contributed by atoms with van der Waals surface area (Å²) < 4.78 is 24.5. The minimum atomic E-state index is -1.44. The summed E-state index contributed by atoms with van der Waals surface area (Å²) in [6.07, 6.45) is 0.156. The number of halogens is 2. The van der Waals surface area contributed by atoms with Crippen LogP contribution in [0.5, 0.6) is 11.5 Å². The number of hydrogen-bond acceptors (Lipinski definition) is 7. The van der Waals surface area contributed by atoms with Crippen molar-refractivity contribution in [2.45, 2.75) is 44.8 Å². The first-order valence-corrected chi connectivity index (χ1v) is 12.6. The molecule has 3 rings (SSSR count). The van der Waals surface area contributed by atoms with E-state index in [4.69, 9.17) is 26.2 Å². The van der Waals surface area contributed by atoms with Crippen LogP contribution in [0.15, 0.2) is 48.5 Å². The molecule has 0 spiro atoms. The Bertz CT molecular complexity index is 1300. The number of benzene rings is 2. The maximum absolute atomic E-state index is 13.8. The van der Waals surface area contributed by atoms with Gasteiger partial charge in [0.1, 0.15) is 18.0 Å². The molecule has 0 aliphatic carbocycles. The number of hydrogen-bond donors (Lipinski definition) is 3. The maximum Gasteiger partial charge on any atom is 0.163 e. The highest BCUT2D eigenvalue weighted by atomic mass is 35.5. The van der Waals surface area contributed by atoms with E-state index in [1.807, 2.05) is 33.0 Å². The van der Waals surface area contributed by atoms with Crippen molar-refractivity contribution in [1.82, 2.24) is 10.3 Å². The lowest BCUT2D eigenvalue weighted by atomic mass is 9.87. The first-order chi connectivity index (χ1) is 17.9. The fourth-order valence-corrected chi connectivity index (χ4v) is 4.04. The fraction of sp³-hybridized carbons (Fsp3) is 0.379. The molecule has 38 heavy (non-hydrogen) atoms. The summed E-state index contributed by atoms with van der Waals surface area (Å²) in [5.74, 6) is 0.0843. The average Bonchev–Trinajstić information content (AvgIpc) is 2.91. The third kappa shape index (κ3) is 6.88. The van der Waals surface area contributed by atoms with E-state index in [9.17, 15) is 14.3 Å². The number of carbonyl (C=O) groups excluding carboxylic acids is 1. The van der Waals surface area contributed by atoms with Gasteiger partial charge in [0.15, 0.2) is 17.3 Å². The van der Waals surface area contributed by atoms with Crippen molar-refractivity contribution >= 4 is 17.4 Å². The zero-order valence-corrected chi connectivity index (χ0v) is 23.0. The van der Waals surface area contributed by atoms with Crippen molar-refractivity contribution < 1.29 is 28.9 Å². The Morgan fingerprint density at radius 1 is 1.11 bits per heavy atom. The first-order valence-electron chi connectivity index (χ1n) is 12.3. The van der Waals surface area contributed by atoms with Crippen molar-refractivity contribution in [1.29, 1.82) is 0 Å². The second kappa shape index (κ2) is 12.2. The normalized spacial score (nSPS) is 13.2. The number of pyridine rings is 1. The molecule has 0 fully saturated rings. The van der Waals surface area contributed by atoms with Gasteiger partial charge in [-0.25, -0.2) is 9.37 Å². The van der Waals surface area contributed by atoms with E-state index < -0.39 is 17.0 Å². The van der Waals surface area contributed by atoms with Gasteiger partial charge in [0, 0.05) is 23.1 Å². The van der Waals surface area contributed by atoms with Gasteiger partial charge >= 0.3 is 0 Å². The summed E-state index contributed by atoms with van der Waals surface area (Å²) in [6, 6.07) is 12.9. The van der Waals surface area contributed by atoms with Crippen molar-refractivity contribution in [3.05, 3.63) is 76.2 Å². The number of ether oxygens (including phenoxy) is 2. The van der Waals surface area contributed by atoms with Gasteiger partial charge in [-0.05, 0) is 88.3 Å². The topological polar surface area (TPSA) is 101 Å². The van der Waals surface area contributed by atoms with E-state index in [0.29, 0.717) is 34.0 Å². The van der Waals surface area contributed by atoms with E-state index >= 15 is 0 Å². The first kappa shape index (κ1) is 29.5. The van der Waals surface area contributed by atoms with Crippen molar-refractivity contribution in [3.8, 4) is 22.8 Å². The molecule has 1 unspecified atom stereocenters. The van der Waals surface area contributed by atoms with Crippen LogP contribution in [0.1, 0.15) is 55.2 Å². The predicted octanol–water partition coefficient (Wildman–Crippen LogP) is 5.25. The third-order valence-corrected chi connectivity index (χ3v) is 6.90. The van der Waals surface area contributed by atoms with Crippen LogP contribution in [0.2, 0.25) is 5.02 Å². The van der Waals surface area contributed by atoms with E-state index in [-0.39, 0.29) is 36.9 Å². The number of carbonyl (C=O) groups is 1. The second-order valence-corrected chi connectivity index (χ2v) is 10.2. The van der Waals surface area contributed by atoms with Gasteiger partial charge in [-0.1, -0.05) is 11.6 Å². The van der Waals surface area contributed by atoms with Gasteiger partial charge in [-0.3, -0.25) is 4.79 Å². The summed E-state index contributed by atoms with van der Waals surface area (Å²) in [4.78, 5) is 17.7. The number of methoxy groups -OCH3 is 1. The van der Waals surface area contributed by atoms with Crippen LogP contribution in [-0.2, 0) is 11.1 Å². The molecule has 2 aromatic carbocycles. The van der Waals surface area contributed by atoms with Crippen LogP contribution in [0.4, 0.5) is 4.39 Å². The van der Waals surface area contributed by atoms with Crippen molar-refractivity contribution in [3.63, 3.8) is 0 Å². The number of Topliss-reactive ketones (excluding diaryl/α,β-unsaturated/α-hetero) is 1. The smallest absolute Gasteiger partial charge is 0.163 e. The largest absolute Gasteiger partial charge is 0.493 e. The summed E-state index contributed by atoms with van der Waals surface area (Å²) in [6.45, 7) is 5.57. The molecule has 0 aliphatic rings. The number of aliphatic hydroxyl groups is 2. The highest BCUT2D eigenvalue weighted by Crippen LogP contribution is 2.34. The Balaban J connectivity index is 1.90. The van der Waals surface area contributed by atoms with Crippen molar-refractivity contribution in [2.75, 3.05) is 27.4 Å². The number of aliphatic hydroxyl groups excluding tert-OH is 1. The Hall–Kier alpha value is -3.04. The monoisotopic (exact) mass is 544 g/mol. The Morgan fingerprint density at radius 3 is 2.47 bits per heavy atom. The highest BCUT2D eigenvalue weighted by molar-refractivity contribution is 6.31. The molecule has 0 saturated carbocycles.